The molecule has 1 aromatic rings. The van der Waals surface area contributed by atoms with Crippen molar-refractivity contribution in [3.63, 3.8) is 0 Å². The van der Waals surface area contributed by atoms with Crippen LogP contribution in [0.15, 0.2) is 18.2 Å². The SMILES string of the molecule is CN(C(=O)C1C(C=O)[C@@]2(C)CC[C@]1(C)O2)c1ccc(C#N)c(C(F)(F)F)c1. The predicted molar refractivity (Wildman–Crippen MR) is 89.7 cm³/mol. The van der Waals surface area contributed by atoms with E-state index in [9.17, 15) is 22.8 Å². The van der Waals surface area contributed by atoms with Crippen LogP contribution in [0.2, 0.25) is 0 Å². The lowest BCUT2D eigenvalue weighted by Crippen LogP contribution is -2.49. The Morgan fingerprint density at radius 2 is 1.96 bits per heavy atom. The van der Waals surface area contributed by atoms with E-state index < -0.39 is 46.2 Å². The lowest BCUT2D eigenvalue weighted by molar-refractivity contribution is -0.138. The third-order valence-corrected chi connectivity index (χ3v) is 5.87. The molecule has 1 amide bonds. The predicted octanol–water partition coefficient (Wildman–Crippen LogP) is 3.31. The van der Waals surface area contributed by atoms with Crippen molar-refractivity contribution >= 4 is 17.9 Å². The summed E-state index contributed by atoms with van der Waals surface area (Å²) in [7, 11) is 1.36. The Labute approximate surface area is 154 Å². The number of carbonyl (C=O) groups is 2. The summed E-state index contributed by atoms with van der Waals surface area (Å²) in [5, 5.41) is 8.91. The van der Waals surface area contributed by atoms with Crippen LogP contribution in [0.1, 0.15) is 37.8 Å². The summed E-state index contributed by atoms with van der Waals surface area (Å²) < 4.78 is 45.6. The van der Waals surface area contributed by atoms with Gasteiger partial charge in [0.15, 0.2) is 0 Å². The van der Waals surface area contributed by atoms with Crippen LogP contribution in [-0.4, -0.2) is 30.4 Å². The highest BCUT2D eigenvalue weighted by atomic mass is 19.4. The van der Waals surface area contributed by atoms with Gasteiger partial charge in [-0.3, -0.25) is 4.79 Å². The minimum absolute atomic E-state index is 0.00694. The van der Waals surface area contributed by atoms with E-state index >= 15 is 0 Å². The van der Waals surface area contributed by atoms with Gasteiger partial charge >= 0.3 is 6.18 Å². The number of nitriles is 1. The highest BCUT2D eigenvalue weighted by Crippen LogP contribution is 2.57. The standard InChI is InChI=1S/C19H19F3N2O3/c1-17-6-7-18(2,27-17)15(14(17)10-25)16(26)24(3)12-5-4-11(9-23)13(8-12)19(20,21)22/h4-5,8,10,14-15H,6-7H2,1-3H3/t14?,15?,17-,18+/m1/s1. The average molecular weight is 380 g/mol. The minimum atomic E-state index is -4.72. The number of benzene rings is 1. The zero-order chi connectivity index (χ0) is 20.2. The van der Waals surface area contributed by atoms with Crippen molar-refractivity contribution in [1.82, 2.24) is 0 Å². The fourth-order valence-corrected chi connectivity index (χ4v) is 4.36. The van der Waals surface area contributed by atoms with Crippen molar-refractivity contribution in [3.05, 3.63) is 29.3 Å². The van der Waals surface area contributed by atoms with Gasteiger partial charge in [0, 0.05) is 12.7 Å². The molecule has 27 heavy (non-hydrogen) atoms. The molecule has 2 heterocycles. The number of halogens is 3. The molecule has 0 spiro atoms. The van der Waals surface area contributed by atoms with E-state index in [2.05, 4.69) is 0 Å². The van der Waals surface area contributed by atoms with Crippen molar-refractivity contribution in [1.29, 1.82) is 5.26 Å². The highest BCUT2D eigenvalue weighted by molar-refractivity contribution is 5.97. The number of amides is 1. The smallest absolute Gasteiger partial charge is 0.368 e. The van der Waals surface area contributed by atoms with E-state index in [-0.39, 0.29) is 5.69 Å². The fraction of sp³-hybridized carbons (Fsp3) is 0.526. The third-order valence-electron chi connectivity index (χ3n) is 5.87. The van der Waals surface area contributed by atoms with Gasteiger partial charge in [-0.15, -0.1) is 0 Å². The van der Waals surface area contributed by atoms with Crippen LogP contribution in [-0.2, 0) is 20.5 Å². The molecule has 5 nitrogen and oxygen atoms in total. The summed E-state index contributed by atoms with van der Waals surface area (Å²) in [6.07, 6.45) is -2.76. The monoisotopic (exact) mass is 380 g/mol. The molecule has 2 aliphatic heterocycles. The first kappa shape index (κ1) is 19.4. The van der Waals surface area contributed by atoms with Crippen LogP contribution in [0.3, 0.4) is 0 Å². The molecular formula is C19H19F3N2O3. The van der Waals surface area contributed by atoms with E-state index in [0.29, 0.717) is 19.1 Å². The second kappa shape index (κ2) is 6.06. The maximum absolute atomic E-state index is 13.2. The Morgan fingerprint density at radius 3 is 2.52 bits per heavy atom. The number of ether oxygens (including phenoxy) is 1. The fourth-order valence-electron chi connectivity index (χ4n) is 4.36. The van der Waals surface area contributed by atoms with Gasteiger partial charge in [0.2, 0.25) is 5.91 Å². The number of anilines is 1. The maximum atomic E-state index is 13.2. The van der Waals surface area contributed by atoms with Crippen LogP contribution in [0.5, 0.6) is 0 Å². The largest absolute Gasteiger partial charge is 0.417 e. The van der Waals surface area contributed by atoms with Crippen molar-refractivity contribution < 1.29 is 27.5 Å². The summed E-state index contributed by atoms with van der Waals surface area (Å²) in [5.41, 5.74) is -3.17. The van der Waals surface area contributed by atoms with Gasteiger partial charge in [-0.05, 0) is 44.9 Å². The minimum Gasteiger partial charge on any atom is -0.368 e. The summed E-state index contributed by atoms with van der Waals surface area (Å²) in [4.78, 5) is 25.9. The average Bonchev–Trinajstić information content (AvgIpc) is 3.04. The lowest BCUT2D eigenvalue weighted by Gasteiger charge is -2.35. The number of nitrogens with zero attached hydrogens (tertiary/aromatic N) is 2. The molecule has 8 heteroatoms. The molecule has 2 unspecified atom stereocenters. The molecule has 2 bridgehead atoms. The van der Waals surface area contributed by atoms with E-state index in [1.54, 1.807) is 13.8 Å². The number of rotatable bonds is 3. The number of alkyl halides is 3. The maximum Gasteiger partial charge on any atom is 0.417 e. The molecule has 144 valence electrons. The van der Waals surface area contributed by atoms with Crippen molar-refractivity contribution in [3.8, 4) is 6.07 Å². The molecule has 1 aromatic carbocycles. The number of fused-ring (bicyclic) bond motifs is 2. The van der Waals surface area contributed by atoms with Crippen LogP contribution in [0, 0.1) is 23.2 Å². The Bertz CT molecular complexity index is 848. The molecular weight excluding hydrogens is 361 g/mol. The molecule has 0 saturated carbocycles. The van der Waals surface area contributed by atoms with Crippen molar-refractivity contribution in [2.24, 2.45) is 11.8 Å². The summed E-state index contributed by atoms with van der Waals surface area (Å²) in [5.74, 6) is -1.91. The van der Waals surface area contributed by atoms with E-state index in [4.69, 9.17) is 10.00 Å². The number of carbonyl (C=O) groups excluding carboxylic acids is 2. The van der Waals surface area contributed by atoms with Crippen LogP contribution >= 0.6 is 0 Å². The zero-order valence-electron chi connectivity index (χ0n) is 15.1. The molecule has 0 aromatic heterocycles. The first-order valence-electron chi connectivity index (χ1n) is 8.51. The lowest BCUT2D eigenvalue weighted by atomic mass is 9.67. The van der Waals surface area contributed by atoms with Crippen molar-refractivity contribution in [2.45, 2.75) is 44.1 Å². The topological polar surface area (TPSA) is 70.4 Å². The first-order valence-corrected chi connectivity index (χ1v) is 8.51. The molecule has 2 saturated heterocycles. The Kier molecular flexibility index (Phi) is 4.35. The number of hydrogen-bond acceptors (Lipinski definition) is 4. The molecule has 2 aliphatic rings. The van der Waals surface area contributed by atoms with Gasteiger partial charge < -0.3 is 14.4 Å². The first-order chi connectivity index (χ1) is 12.5. The van der Waals surface area contributed by atoms with Crippen LogP contribution in [0.25, 0.3) is 0 Å². The Balaban J connectivity index is 1.97. The highest BCUT2D eigenvalue weighted by Gasteiger charge is 2.65. The molecule has 0 radical (unpaired) electrons. The zero-order valence-corrected chi connectivity index (χ0v) is 15.1. The quantitative estimate of drug-likeness (QED) is 0.755. The van der Waals surface area contributed by atoms with E-state index in [1.807, 2.05) is 0 Å². The normalized spacial score (nSPS) is 32.2. The van der Waals surface area contributed by atoms with Gasteiger partial charge in [0.1, 0.15) is 6.29 Å². The van der Waals surface area contributed by atoms with Crippen LogP contribution < -0.4 is 4.90 Å². The Hall–Kier alpha value is -2.40. The van der Waals surface area contributed by atoms with Gasteiger partial charge in [-0.25, -0.2) is 0 Å². The van der Waals surface area contributed by atoms with Crippen molar-refractivity contribution in [2.75, 3.05) is 11.9 Å². The summed E-state index contributed by atoms with van der Waals surface area (Å²) in [6, 6.07) is 4.63. The summed E-state index contributed by atoms with van der Waals surface area (Å²) >= 11 is 0. The van der Waals surface area contributed by atoms with Crippen LogP contribution in [0.4, 0.5) is 18.9 Å². The van der Waals surface area contributed by atoms with E-state index in [1.165, 1.54) is 19.2 Å². The molecule has 2 fully saturated rings. The summed E-state index contributed by atoms with van der Waals surface area (Å²) in [6.45, 7) is 3.55. The second-order valence-electron chi connectivity index (χ2n) is 7.60. The molecule has 0 N–H and O–H groups in total. The van der Waals surface area contributed by atoms with Gasteiger partial charge in [0.25, 0.3) is 0 Å². The van der Waals surface area contributed by atoms with E-state index in [0.717, 1.165) is 17.0 Å². The molecule has 4 atom stereocenters. The van der Waals surface area contributed by atoms with Gasteiger partial charge in [0.05, 0.1) is 40.2 Å². The number of aldehydes is 1. The molecule has 0 aliphatic carbocycles. The Morgan fingerprint density at radius 1 is 1.33 bits per heavy atom. The second-order valence-corrected chi connectivity index (χ2v) is 7.60. The molecule has 3 rings (SSSR count). The van der Waals surface area contributed by atoms with Gasteiger partial charge in [-0.2, -0.15) is 18.4 Å². The van der Waals surface area contributed by atoms with Gasteiger partial charge in [-0.1, -0.05) is 0 Å². The third kappa shape index (κ3) is 2.90. The number of hydrogen-bond donors (Lipinski definition) is 0.